The number of benzene rings is 2. The summed E-state index contributed by atoms with van der Waals surface area (Å²) in [6.45, 7) is 4.28. The highest BCUT2D eigenvalue weighted by atomic mass is 32.2. The summed E-state index contributed by atoms with van der Waals surface area (Å²) in [5.41, 5.74) is 3.14. The van der Waals surface area contributed by atoms with Crippen molar-refractivity contribution in [1.29, 1.82) is 0 Å². The molecule has 0 atom stereocenters. The summed E-state index contributed by atoms with van der Waals surface area (Å²) in [6.07, 6.45) is 5.48. The average Bonchev–Trinajstić information content (AvgIpc) is 2.92. The molecule has 0 bridgehead atoms. The van der Waals surface area contributed by atoms with Crippen LogP contribution in [0.2, 0.25) is 0 Å². The Morgan fingerprint density at radius 2 is 1.85 bits per heavy atom. The van der Waals surface area contributed by atoms with Gasteiger partial charge in [0.2, 0.25) is 4.80 Å². The van der Waals surface area contributed by atoms with E-state index in [0.29, 0.717) is 10.6 Å². The van der Waals surface area contributed by atoms with Gasteiger partial charge in [-0.25, -0.2) is 0 Å². The Balaban J connectivity index is 2.22. The van der Waals surface area contributed by atoms with Crippen molar-refractivity contribution in [1.82, 2.24) is 4.57 Å². The van der Waals surface area contributed by atoms with Crippen molar-refractivity contribution in [3.05, 3.63) is 52.3 Å². The van der Waals surface area contributed by atoms with Gasteiger partial charge in [-0.1, -0.05) is 17.3 Å². The summed E-state index contributed by atoms with van der Waals surface area (Å²) in [6, 6.07) is 10.2. The predicted octanol–water partition coefficient (Wildman–Crippen LogP) is 3.25. The molecule has 1 heterocycles. The molecule has 0 unspecified atom stereocenters. The third-order valence-electron chi connectivity index (χ3n) is 4.10. The number of thiazole rings is 1. The highest BCUT2D eigenvalue weighted by molar-refractivity contribution is 7.90. The molecule has 0 saturated heterocycles. The smallest absolute Gasteiger partial charge is 0.285 e. The quantitative estimate of drug-likeness (QED) is 0.647. The second-order valence-corrected chi connectivity index (χ2v) is 8.43. The van der Waals surface area contributed by atoms with Gasteiger partial charge in [-0.3, -0.25) is 0 Å². The van der Waals surface area contributed by atoms with Crippen LogP contribution in [-0.4, -0.2) is 20.1 Å². The van der Waals surface area contributed by atoms with Crippen molar-refractivity contribution >= 4 is 31.6 Å². The van der Waals surface area contributed by atoms with Gasteiger partial charge in [-0.2, -0.15) is 8.42 Å². The number of nitrogens with zero attached hydrogens (tertiary/aromatic N) is 2. The van der Waals surface area contributed by atoms with Gasteiger partial charge in [0.05, 0.1) is 28.8 Å². The molecule has 0 amide bonds. The molecule has 0 aliphatic rings. The summed E-state index contributed by atoms with van der Waals surface area (Å²) >= 11 is 1.31. The molecule has 0 N–H and O–H groups in total. The Labute approximate surface area is 156 Å². The molecule has 5 nitrogen and oxygen atoms in total. The number of hydrogen-bond acceptors (Lipinski definition) is 4. The molecule has 2 aromatic carbocycles. The van der Waals surface area contributed by atoms with Crippen LogP contribution in [0, 0.1) is 26.2 Å². The molecule has 0 aliphatic heterocycles. The monoisotopic (exact) mass is 386 g/mol. The number of ether oxygens (including phenoxy) is 1. The van der Waals surface area contributed by atoms with E-state index >= 15 is 0 Å². The summed E-state index contributed by atoms with van der Waals surface area (Å²) in [5.74, 6) is 3.16. The zero-order valence-electron chi connectivity index (χ0n) is 14.7. The van der Waals surface area contributed by atoms with Gasteiger partial charge < -0.3 is 9.30 Å². The molecule has 0 radical (unpaired) electrons. The lowest BCUT2D eigenvalue weighted by Gasteiger charge is -2.04. The van der Waals surface area contributed by atoms with Gasteiger partial charge in [0, 0.05) is 0 Å². The summed E-state index contributed by atoms with van der Waals surface area (Å²) in [5, 5.41) is 0. The number of rotatable bonds is 4. The van der Waals surface area contributed by atoms with Crippen LogP contribution in [0.5, 0.6) is 5.75 Å². The fraction of sp³-hybridized carbons (Fsp3) is 0.211. The number of fused-ring (bicyclic) bond motifs is 1. The number of sulfonamides is 1. The van der Waals surface area contributed by atoms with Crippen molar-refractivity contribution in [3.63, 3.8) is 0 Å². The standard InChI is InChI=1S/C19H18N2O3S2/c1-5-10-21-17-11-13(2)14(3)12-18(17)25-19(21)20-26(22,23)16-8-6-15(24-4)7-9-16/h1,6-9,11-12H,10H2,2-4H3/b20-19-. The van der Waals surface area contributed by atoms with E-state index in [9.17, 15) is 8.42 Å². The van der Waals surface area contributed by atoms with Gasteiger partial charge in [0.25, 0.3) is 10.0 Å². The molecule has 0 saturated carbocycles. The SMILES string of the molecule is C#CCn1/c(=N/S(=O)(=O)c2ccc(OC)cc2)sc2cc(C)c(C)cc21. The highest BCUT2D eigenvalue weighted by Crippen LogP contribution is 2.23. The third-order valence-corrected chi connectivity index (χ3v) is 6.54. The van der Waals surface area contributed by atoms with Gasteiger partial charge in [-0.05, 0) is 61.4 Å². The van der Waals surface area contributed by atoms with Crippen molar-refractivity contribution < 1.29 is 13.2 Å². The van der Waals surface area contributed by atoms with Crippen molar-refractivity contribution in [2.24, 2.45) is 4.40 Å². The zero-order chi connectivity index (χ0) is 18.9. The Bertz CT molecular complexity index is 1180. The van der Waals surface area contributed by atoms with Crippen LogP contribution >= 0.6 is 11.3 Å². The molecule has 1 aromatic heterocycles. The van der Waals surface area contributed by atoms with E-state index in [1.807, 2.05) is 26.0 Å². The van der Waals surface area contributed by atoms with E-state index < -0.39 is 10.0 Å². The van der Waals surface area contributed by atoms with Crippen molar-refractivity contribution in [2.75, 3.05) is 7.11 Å². The second kappa shape index (κ2) is 6.98. The van der Waals surface area contributed by atoms with E-state index in [2.05, 4.69) is 10.3 Å². The van der Waals surface area contributed by atoms with Crippen LogP contribution in [0.25, 0.3) is 10.2 Å². The molecular weight excluding hydrogens is 368 g/mol. The first kappa shape index (κ1) is 18.2. The first-order valence-electron chi connectivity index (χ1n) is 7.85. The number of hydrogen-bond donors (Lipinski definition) is 0. The second-order valence-electron chi connectivity index (χ2n) is 5.82. The first-order chi connectivity index (χ1) is 12.4. The van der Waals surface area contributed by atoms with Crippen LogP contribution in [0.3, 0.4) is 0 Å². The lowest BCUT2D eigenvalue weighted by atomic mass is 10.1. The van der Waals surface area contributed by atoms with Gasteiger partial charge in [-0.15, -0.1) is 10.8 Å². The summed E-state index contributed by atoms with van der Waals surface area (Å²) in [4.78, 5) is 0.467. The molecule has 0 spiro atoms. The lowest BCUT2D eigenvalue weighted by Crippen LogP contribution is -2.16. The molecule has 26 heavy (non-hydrogen) atoms. The minimum atomic E-state index is -3.86. The van der Waals surface area contributed by atoms with Crippen LogP contribution in [-0.2, 0) is 16.6 Å². The minimum absolute atomic E-state index is 0.107. The molecular formula is C19H18N2O3S2. The first-order valence-corrected chi connectivity index (χ1v) is 10.1. The number of methoxy groups -OCH3 is 1. The molecule has 7 heteroatoms. The van der Waals surface area contributed by atoms with Gasteiger partial charge in [0.1, 0.15) is 5.75 Å². The highest BCUT2D eigenvalue weighted by Gasteiger charge is 2.15. The molecule has 3 rings (SSSR count). The maximum Gasteiger partial charge on any atom is 0.285 e. The zero-order valence-corrected chi connectivity index (χ0v) is 16.3. The predicted molar refractivity (Wildman–Crippen MR) is 104 cm³/mol. The number of aromatic nitrogens is 1. The third kappa shape index (κ3) is 3.39. The Kier molecular flexibility index (Phi) is 4.90. The Morgan fingerprint density at radius 3 is 2.46 bits per heavy atom. The van der Waals surface area contributed by atoms with Crippen molar-refractivity contribution in [3.8, 4) is 18.1 Å². The molecule has 0 aliphatic carbocycles. The largest absolute Gasteiger partial charge is 0.497 e. The normalized spacial score (nSPS) is 12.3. The lowest BCUT2D eigenvalue weighted by molar-refractivity contribution is 0.414. The van der Waals surface area contributed by atoms with Gasteiger partial charge >= 0.3 is 0 Å². The maximum absolute atomic E-state index is 12.7. The molecule has 0 fully saturated rings. The van der Waals surface area contributed by atoms with Crippen molar-refractivity contribution in [2.45, 2.75) is 25.3 Å². The Hall–Kier alpha value is -2.56. The van der Waals surface area contributed by atoms with E-state index in [1.165, 1.54) is 30.6 Å². The van der Waals surface area contributed by atoms with E-state index in [-0.39, 0.29) is 11.4 Å². The Morgan fingerprint density at radius 1 is 1.19 bits per heavy atom. The van der Waals surface area contributed by atoms with Crippen LogP contribution in [0.1, 0.15) is 11.1 Å². The van der Waals surface area contributed by atoms with E-state index in [1.54, 1.807) is 16.7 Å². The topological polar surface area (TPSA) is 60.7 Å². The average molecular weight is 386 g/mol. The number of terminal acetylenes is 1. The fourth-order valence-corrected chi connectivity index (χ4v) is 4.85. The number of aryl methyl sites for hydroxylation is 2. The van der Waals surface area contributed by atoms with E-state index in [0.717, 1.165) is 21.3 Å². The van der Waals surface area contributed by atoms with Gasteiger partial charge in [0.15, 0.2) is 0 Å². The maximum atomic E-state index is 12.7. The summed E-state index contributed by atoms with van der Waals surface area (Å²) in [7, 11) is -2.33. The molecule has 3 aromatic rings. The minimum Gasteiger partial charge on any atom is -0.497 e. The van der Waals surface area contributed by atoms with E-state index in [4.69, 9.17) is 11.2 Å². The fourth-order valence-electron chi connectivity index (χ4n) is 2.54. The molecule has 134 valence electrons. The van der Waals surface area contributed by atoms with Crippen LogP contribution in [0.15, 0.2) is 45.7 Å². The van der Waals surface area contributed by atoms with Crippen LogP contribution < -0.4 is 9.54 Å². The summed E-state index contributed by atoms with van der Waals surface area (Å²) < 4.78 is 37.2. The van der Waals surface area contributed by atoms with Crippen LogP contribution in [0.4, 0.5) is 0 Å².